The topological polar surface area (TPSA) is 67.7 Å². The Kier molecular flexibility index (Phi) is 4.97. The summed E-state index contributed by atoms with van der Waals surface area (Å²) in [5.41, 5.74) is 2.03. The SMILES string of the molecule is O=C(N/N=C\c1ccc(-c2ccccc2C(F)(F)F)o1)c1cc2c(ccc3ccccc32)o1. The van der Waals surface area contributed by atoms with Crippen LogP contribution >= 0.6 is 0 Å². The smallest absolute Gasteiger partial charge is 0.417 e. The summed E-state index contributed by atoms with van der Waals surface area (Å²) < 4.78 is 50.8. The van der Waals surface area contributed by atoms with Crippen LogP contribution in [-0.2, 0) is 6.18 Å². The zero-order valence-electron chi connectivity index (χ0n) is 16.9. The number of halogens is 3. The highest BCUT2D eigenvalue weighted by Gasteiger charge is 2.34. The quantitative estimate of drug-likeness (QED) is 0.248. The van der Waals surface area contributed by atoms with Crippen LogP contribution in [0.25, 0.3) is 33.1 Å². The Morgan fingerprint density at radius 2 is 1.67 bits per heavy atom. The van der Waals surface area contributed by atoms with Crippen LogP contribution in [0.15, 0.2) is 92.8 Å². The molecule has 0 bridgehead atoms. The molecule has 5 aromatic rings. The van der Waals surface area contributed by atoms with Gasteiger partial charge in [-0.1, -0.05) is 48.5 Å². The highest BCUT2D eigenvalue weighted by atomic mass is 19.4. The van der Waals surface area contributed by atoms with Crippen LogP contribution in [0.3, 0.4) is 0 Å². The fourth-order valence-corrected chi connectivity index (χ4v) is 3.63. The molecule has 0 fully saturated rings. The van der Waals surface area contributed by atoms with Gasteiger partial charge in [-0.2, -0.15) is 18.3 Å². The summed E-state index contributed by atoms with van der Waals surface area (Å²) >= 11 is 0. The van der Waals surface area contributed by atoms with Gasteiger partial charge in [-0.05, 0) is 41.1 Å². The number of nitrogens with one attached hydrogen (secondary N) is 1. The number of alkyl halides is 3. The largest absolute Gasteiger partial charge is 0.455 e. The highest BCUT2D eigenvalue weighted by Crippen LogP contribution is 2.37. The van der Waals surface area contributed by atoms with Gasteiger partial charge in [-0.15, -0.1) is 0 Å². The van der Waals surface area contributed by atoms with Crippen molar-refractivity contribution in [3.05, 3.63) is 95.9 Å². The second kappa shape index (κ2) is 7.98. The van der Waals surface area contributed by atoms with Crippen molar-refractivity contribution in [3.63, 3.8) is 0 Å². The molecule has 0 atom stereocenters. The predicted octanol–water partition coefficient (Wildman–Crippen LogP) is 6.63. The third kappa shape index (κ3) is 3.98. The number of amides is 1. The maximum atomic E-state index is 13.2. The maximum absolute atomic E-state index is 13.2. The summed E-state index contributed by atoms with van der Waals surface area (Å²) in [5.74, 6) is -0.267. The molecule has 3 aromatic carbocycles. The van der Waals surface area contributed by atoms with Crippen LogP contribution in [0.5, 0.6) is 0 Å². The molecule has 1 amide bonds. The number of hydrogen-bond donors (Lipinski definition) is 1. The number of furan rings is 2. The van der Waals surface area contributed by atoms with Crippen LogP contribution in [0.4, 0.5) is 13.2 Å². The van der Waals surface area contributed by atoms with Crippen LogP contribution < -0.4 is 5.43 Å². The molecule has 33 heavy (non-hydrogen) atoms. The van der Waals surface area contributed by atoms with Crippen molar-refractivity contribution in [2.45, 2.75) is 6.18 Å². The van der Waals surface area contributed by atoms with Crippen molar-refractivity contribution in [1.82, 2.24) is 5.43 Å². The van der Waals surface area contributed by atoms with E-state index in [0.717, 1.165) is 22.2 Å². The summed E-state index contributed by atoms with van der Waals surface area (Å²) in [6, 6.07) is 21.1. The number of carbonyl (C=O) groups is 1. The van der Waals surface area contributed by atoms with Gasteiger partial charge in [0.25, 0.3) is 0 Å². The van der Waals surface area contributed by atoms with E-state index in [0.29, 0.717) is 5.58 Å². The molecule has 5 nitrogen and oxygen atoms in total. The molecule has 0 aliphatic heterocycles. The Morgan fingerprint density at radius 3 is 2.52 bits per heavy atom. The molecule has 0 saturated carbocycles. The van der Waals surface area contributed by atoms with Gasteiger partial charge >= 0.3 is 12.1 Å². The monoisotopic (exact) mass is 448 g/mol. The zero-order valence-corrected chi connectivity index (χ0v) is 16.9. The Balaban J connectivity index is 1.33. The van der Waals surface area contributed by atoms with Gasteiger partial charge in [0.2, 0.25) is 0 Å². The molecule has 0 unspecified atom stereocenters. The Labute approximate surface area is 185 Å². The molecule has 0 spiro atoms. The lowest BCUT2D eigenvalue weighted by Crippen LogP contribution is -2.16. The zero-order chi connectivity index (χ0) is 23.0. The molecule has 164 valence electrons. The minimum atomic E-state index is -4.51. The lowest BCUT2D eigenvalue weighted by Gasteiger charge is -2.10. The van der Waals surface area contributed by atoms with E-state index < -0.39 is 17.6 Å². The van der Waals surface area contributed by atoms with Gasteiger partial charge in [0.05, 0.1) is 11.8 Å². The van der Waals surface area contributed by atoms with E-state index in [1.807, 2.05) is 30.3 Å². The number of hydrazone groups is 1. The first-order valence-electron chi connectivity index (χ1n) is 9.91. The lowest BCUT2D eigenvalue weighted by atomic mass is 10.1. The van der Waals surface area contributed by atoms with Crippen LogP contribution in [-0.4, -0.2) is 12.1 Å². The average Bonchev–Trinajstić information content (AvgIpc) is 3.46. The molecule has 0 radical (unpaired) electrons. The number of hydrogen-bond acceptors (Lipinski definition) is 4. The van der Waals surface area contributed by atoms with E-state index in [9.17, 15) is 18.0 Å². The van der Waals surface area contributed by atoms with E-state index >= 15 is 0 Å². The normalized spacial score (nSPS) is 12.1. The molecule has 8 heteroatoms. The molecule has 2 heterocycles. The Morgan fingerprint density at radius 1 is 0.879 bits per heavy atom. The fraction of sp³-hybridized carbons (Fsp3) is 0.0400. The lowest BCUT2D eigenvalue weighted by molar-refractivity contribution is -0.137. The average molecular weight is 448 g/mol. The standard InChI is InChI=1S/C25H15F3N2O3/c26-25(27,28)20-8-4-3-7-18(20)21-12-10-16(32-21)14-29-30-24(31)23-13-19-17-6-2-1-5-15(17)9-11-22(19)33-23/h1-14H,(H,30,31)/b29-14-. The Hall–Kier alpha value is -4.33. The first kappa shape index (κ1) is 20.6. The summed E-state index contributed by atoms with van der Waals surface area (Å²) in [7, 11) is 0. The number of benzene rings is 3. The van der Waals surface area contributed by atoms with Crippen molar-refractivity contribution in [2.24, 2.45) is 5.10 Å². The minimum Gasteiger partial charge on any atom is -0.455 e. The molecule has 0 aliphatic rings. The van der Waals surface area contributed by atoms with Gasteiger partial charge in [0, 0.05) is 10.9 Å². The first-order valence-corrected chi connectivity index (χ1v) is 9.91. The van der Waals surface area contributed by atoms with Crippen molar-refractivity contribution >= 4 is 33.9 Å². The number of fused-ring (bicyclic) bond motifs is 3. The maximum Gasteiger partial charge on any atom is 0.417 e. The van der Waals surface area contributed by atoms with Gasteiger partial charge in [0.15, 0.2) is 5.76 Å². The number of rotatable bonds is 4. The molecular formula is C25H15F3N2O3. The third-order valence-corrected chi connectivity index (χ3v) is 5.13. The van der Waals surface area contributed by atoms with E-state index in [-0.39, 0.29) is 22.8 Å². The van der Waals surface area contributed by atoms with Crippen molar-refractivity contribution in [1.29, 1.82) is 0 Å². The Bertz CT molecular complexity index is 1510. The van der Waals surface area contributed by atoms with Gasteiger partial charge in [0.1, 0.15) is 17.1 Å². The summed E-state index contributed by atoms with van der Waals surface area (Å²) in [6.07, 6.45) is -3.31. The van der Waals surface area contributed by atoms with Crippen molar-refractivity contribution in [2.75, 3.05) is 0 Å². The van der Waals surface area contributed by atoms with Gasteiger partial charge in [-0.3, -0.25) is 4.79 Å². The fourth-order valence-electron chi connectivity index (χ4n) is 3.63. The minimum absolute atomic E-state index is 0.0415. The number of nitrogens with zero attached hydrogens (tertiary/aromatic N) is 1. The van der Waals surface area contributed by atoms with Crippen LogP contribution in [0.1, 0.15) is 21.9 Å². The second-order valence-corrected chi connectivity index (χ2v) is 7.25. The number of carbonyl (C=O) groups excluding carboxylic acids is 1. The van der Waals surface area contributed by atoms with E-state index in [2.05, 4.69) is 10.5 Å². The molecule has 0 saturated heterocycles. The third-order valence-electron chi connectivity index (χ3n) is 5.13. The van der Waals surface area contributed by atoms with Gasteiger partial charge < -0.3 is 8.83 Å². The van der Waals surface area contributed by atoms with Crippen LogP contribution in [0, 0.1) is 0 Å². The van der Waals surface area contributed by atoms with E-state index in [1.165, 1.54) is 36.5 Å². The van der Waals surface area contributed by atoms with Crippen molar-refractivity contribution < 1.29 is 26.8 Å². The highest BCUT2D eigenvalue weighted by molar-refractivity contribution is 6.08. The van der Waals surface area contributed by atoms with E-state index in [1.54, 1.807) is 12.1 Å². The summed E-state index contributed by atoms with van der Waals surface area (Å²) in [5, 5.41) is 6.62. The predicted molar refractivity (Wildman–Crippen MR) is 118 cm³/mol. The molecular weight excluding hydrogens is 433 g/mol. The first-order chi connectivity index (χ1) is 15.9. The molecule has 2 aromatic heterocycles. The van der Waals surface area contributed by atoms with Crippen molar-refractivity contribution in [3.8, 4) is 11.3 Å². The summed E-state index contributed by atoms with van der Waals surface area (Å²) in [4.78, 5) is 12.4. The molecule has 1 N–H and O–H groups in total. The second-order valence-electron chi connectivity index (χ2n) is 7.25. The summed E-state index contributed by atoms with van der Waals surface area (Å²) in [6.45, 7) is 0. The van der Waals surface area contributed by atoms with Gasteiger partial charge in [-0.25, -0.2) is 5.43 Å². The van der Waals surface area contributed by atoms with Crippen LogP contribution in [0.2, 0.25) is 0 Å². The van der Waals surface area contributed by atoms with E-state index in [4.69, 9.17) is 8.83 Å². The molecule has 0 aliphatic carbocycles. The molecule has 5 rings (SSSR count).